The van der Waals surface area contributed by atoms with Crippen LogP contribution in [-0.2, 0) is 6.54 Å². The molecule has 0 saturated heterocycles. The van der Waals surface area contributed by atoms with E-state index in [0.717, 1.165) is 11.3 Å². The minimum Gasteiger partial charge on any atom is -0.472 e. The van der Waals surface area contributed by atoms with Crippen molar-refractivity contribution in [2.24, 2.45) is 0 Å². The zero-order valence-corrected chi connectivity index (χ0v) is 10.5. The van der Waals surface area contributed by atoms with Crippen LogP contribution in [0.2, 0.25) is 0 Å². The van der Waals surface area contributed by atoms with Gasteiger partial charge < -0.3 is 14.3 Å². The molecule has 19 heavy (non-hydrogen) atoms. The highest BCUT2D eigenvalue weighted by atomic mass is 16.3. The van der Waals surface area contributed by atoms with Crippen LogP contribution < -0.4 is 5.32 Å². The number of nitrogens with zero attached hydrogens (tertiary/aromatic N) is 3. The molecule has 0 radical (unpaired) electrons. The summed E-state index contributed by atoms with van der Waals surface area (Å²) < 4.78 is 8.75. The van der Waals surface area contributed by atoms with E-state index in [4.69, 9.17) is 4.42 Å². The van der Waals surface area contributed by atoms with Crippen molar-refractivity contribution in [3.8, 4) is 0 Å². The average Bonchev–Trinajstić information content (AvgIpc) is 3.06. The molecule has 0 aliphatic carbocycles. The molecule has 0 saturated carbocycles. The molecule has 3 aromatic rings. The average molecular weight is 258 g/mol. The number of furan rings is 1. The quantitative estimate of drug-likeness (QED) is 0.770. The lowest BCUT2D eigenvalue weighted by Crippen LogP contribution is -2.26. The second-order valence-electron chi connectivity index (χ2n) is 4.35. The van der Waals surface area contributed by atoms with Crippen LogP contribution in [0.1, 0.15) is 16.1 Å². The molecule has 0 aromatic carbocycles. The Kier molecular flexibility index (Phi) is 2.83. The first kappa shape index (κ1) is 11.6. The van der Waals surface area contributed by atoms with Crippen LogP contribution in [0.4, 0.5) is 0 Å². The number of hydrogen-bond donors (Lipinski definition) is 1. The molecule has 0 bridgehead atoms. The molecular weight excluding hydrogens is 244 g/mol. The van der Waals surface area contributed by atoms with Crippen LogP contribution in [0.5, 0.6) is 0 Å². The number of imidazole rings is 1. The molecule has 0 unspecified atom stereocenters. The van der Waals surface area contributed by atoms with E-state index in [1.807, 2.05) is 29.9 Å². The minimum absolute atomic E-state index is 0.124. The summed E-state index contributed by atoms with van der Waals surface area (Å²) in [6.45, 7) is 3.21. The third-order valence-corrected chi connectivity index (χ3v) is 2.94. The highest BCUT2D eigenvalue weighted by Crippen LogP contribution is 2.07. The predicted molar refractivity (Wildman–Crippen MR) is 69.0 cm³/mol. The summed E-state index contributed by atoms with van der Waals surface area (Å²) >= 11 is 0. The van der Waals surface area contributed by atoms with Crippen molar-refractivity contribution in [2.45, 2.75) is 13.5 Å². The molecule has 0 aliphatic heterocycles. The standard InChI is InChI=1S/C13H14N4O2/c1-10-8-12-16(5-6-17(12)15-10)4-3-14-13(18)11-2-7-19-9-11/h2,5-9H,3-4H2,1H3,(H,14,18). The van der Waals surface area contributed by atoms with Crippen LogP contribution in [0.15, 0.2) is 41.5 Å². The van der Waals surface area contributed by atoms with Crippen molar-refractivity contribution in [1.82, 2.24) is 19.5 Å². The summed E-state index contributed by atoms with van der Waals surface area (Å²) in [5.74, 6) is -0.124. The zero-order chi connectivity index (χ0) is 13.2. The smallest absolute Gasteiger partial charge is 0.254 e. The monoisotopic (exact) mass is 258 g/mol. The molecule has 0 spiro atoms. The van der Waals surface area contributed by atoms with Gasteiger partial charge in [-0.15, -0.1) is 0 Å². The second kappa shape index (κ2) is 4.64. The highest BCUT2D eigenvalue weighted by Gasteiger charge is 2.07. The molecule has 0 atom stereocenters. The lowest BCUT2D eigenvalue weighted by Gasteiger charge is -2.05. The Morgan fingerprint density at radius 1 is 1.47 bits per heavy atom. The number of hydrogen-bond acceptors (Lipinski definition) is 3. The highest BCUT2D eigenvalue weighted by molar-refractivity contribution is 5.93. The number of aryl methyl sites for hydroxylation is 1. The Morgan fingerprint density at radius 2 is 2.37 bits per heavy atom. The molecule has 3 heterocycles. The Hall–Kier alpha value is -2.50. The van der Waals surface area contributed by atoms with Gasteiger partial charge in [-0.05, 0) is 13.0 Å². The first-order valence-corrected chi connectivity index (χ1v) is 6.05. The maximum absolute atomic E-state index is 11.7. The van der Waals surface area contributed by atoms with Crippen LogP contribution >= 0.6 is 0 Å². The van der Waals surface area contributed by atoms with Crippen molar-refractivity contribution >= 4 is 11.6 Å². The molecule has 3 rings (SSSR count). The third kappa shape index (κ3) is 2.24. The summed E-state index contributed by atoms with van der Waals surface area (Å²) in [7, 11) is 0. The third-order valence-electron chi connectivity index (χ3n) is 2.94. The minimum atomic E-state index is -0.124. The van der Waals surface area contributed by atoms with Crippen LogP contribution in [0.3, 0.4) is 0 Å². The largest absolute Gasteiger partial charge is 0.472 e. The van der Waals surface area contributed by atoms with Gasteiger partial charge in [-0.2, -0.15) is 5.10 Å². The van der Waals surface area contributed by atoms with E-state index in [9.17, 15) is 4.79 Å². The van der Waals surface area contributed by atoms with Crippen LogP contribution in [0, 0.1) is 6.92 Å². The lowest BCUT2D eigenvalue weighted by atomic mass is 10.3. The van der Waals surface area contributed by atoms with E-state index in [1.54, 1.807) is 6.07 Å². The van der Waals surface area contributed by atoms with E-state index in [0.29, 0.717) is 18.7 Å². The van der Waals surface area contributed by atoms with Gasteiger partial charge in [0.05, 0.1) is 17.5 Å². The van der Waals surface area contributed by atoms with Crippen molar-refractivity contribution in [2.75, 3.05) is 6.54 Å². The van der Waals surface area contributed by atoms with Gasteiger partial charge in [0, 0.05) is 31.5 Å². The van der Waals surface area contributed by atoms with E-state index >= 15 is 0 Å². The summed E-state index contributed by atoms with van der Waals surface area (Å²) in [6.07, 6.45) is 6.77. The normalized spacial score (nSPS) is 11.0. The number of nitrogens with one attached hydrogen (secondary N) is 1. The van der Waals surface area contributed by atoms with Crippen molar-refractivity contribution < 1.29 is 9.21 Å². The fourth-order valence-corrected chi connectivity index (χ4v) is 2.02. The SMILES string of the molecule is Cc1cc2n(CCNC(=O)c3ccoc3)ccn2n1. The summed E-state index contributed by atoms with van der Waals surface area (Å²) in [6, 6.07) is 3.65. The van der Waals surface area contributed by atoms with Crippen molar-refractivity contribution in [3.05, 3.63) is 48.3 Å². The maximum atomic E-state index is 11.7. The van der Waals surface area contributed by atoms with E-state index < -0.39 is 0 Å². The van der Waals surface area contributed by atoms with Gasteiger partial charge >= 0.3 is 0 Å². The van der Waals surface area contributed by atoms with Crippen LogP contribution in [-0.4, -0.2) is 26.6 Å². The second-order valence-corrected chi connectivity index (χ2v) is 4.35. The first-order valence-electron chi connectivity index (χ1n) is 6.05. The topological polar surface area (TPSA) is 64.5 Å². The predicted octanol–water partition coefficient (Wildman–Crippen LogP) is 1.47. The van der Waals surface area contributed by atoms with Gasteiger partial charge in [0.1, 0.15) is 11.9 Å². The maximum Gasteiger partial charge on any atom is 0.254 e. The fraction of sp³-hybridized carbons (Fsp3) is 0.231. The number of carbonyl (C=O) groups excluding carboxylic acids is 1. The molecule has 0 fully saturated rings. The van der Waals surface area contributed by atoms with Crippen LogP contribution in [0.25, 0.3) is 5.65 Å². The van der Waals surface area contributed by atoms with Crippen molar-refractivity contribution in [3.63, 3.8) is 0 Å². The summed E-state index contributed by atoms with van der Waals surface area (Å²) in [5, 5.41) is 7.16. The van der Waals surface area contributed by atoms with E-state index in [-0.39, 0.29) is 5.91 Å². The molecule has 6 heteroatoms. The Bertz CT molecular complexity index is 693. The molecule has 3 aromatic heterocycles. The van der Waals surface area contributed by atoms with Gasteiger partial charge in [-0.25, -0.2) is 4.52 Å². The number of rotatable bonds is 4. The zero-order valence-electron chi connectivity index (χ0n) is 10.5. The molecule has 1 amide bonds. The fourth-order valence-electron chi connectivity index (χ4n) is 2.02. The Labute approximate surface area is 109 Å². The number of carbonyl (C=O) groups is 1. The summed E-state index contributed by atoms with van der Waals surface area (Å²) in [4.78, 5) is 11.7. The molecule has 1 N–H and O–H groups in total. The molecule has 0 aliphatic rings. The summed E-state index contributed by atoms with van der Waals surface area (Å²) in [5.41, 5.74) is 2.54. The van der Waals surface area contributed by atoms with Gasteiger partial charge in [0.15, 0.2) is 0 Å². The number of aromatic nitrogens is 3. The number of fused-ring (bicyclic) bond motifs is 1. The Morgan fingerprint density at radius 3 is 3.16 bits per heavy atom. The van der Waals surface area contributed by atoms with E-state index in [2.05, 4.69) is 15.0 Å². The van der Waals surface area contributed by atoms with E-state index in [1.165, 1.54) is 12.5 Å². The van der Waals surface area contributed by atoms with Gasteiger partial charge in [0.2, 0.25) is 0 Å². The van der Waals surface area contributed by atoms with Gasteiger partial charge in [-0.1, -0.05) is 0 Å². The van der Waals surface area contributed by atoms with Gasteiger partial charge in [0.25, 0.3) is 5.91 Å². The molecule has 6 nitrogen and oxygen atoms in total. The first-order chi connectivity index (χ1) is 9.24. The molecule has 98 valence electrons. The van der Waals surface area contributed by atoms with Crippen molar-refractivity contribution in [1.29, 1.82) is 0 Å². The lowest BCUT2D eigenvalue weighted by molar-refractivity contribution is 0.0952. The molecular formula is C13H14N4O2. The Balaban J connectivity index is 1.62. The van der Waals surface area contributed by atoms with Gasteiger partial charge in [-0.3, -0.25) is 4.79 Å². The number of amides is 1.